The molecule has 0 saturated heterocycles. The predicted octanol–water partition coefficient (Wildman–Crippen LogP) is 6.68. The third-order valence-electron chi connectivity index (χ3n) is 6.04. The van der Waals surface area contributed by atoms with Gasteiger partial charge in [-0.05, 0) is 58.1 Å². The standard InChI is InChI=1S/C30H26NO2/c1-31-20-27(17-26-18-29(32-2)30(33-3)19-28(26)31)25-15-23(21-10-6-4-7-11-21)14-24(16-25)22-12-8-5-9-13-22/h4-20H,1-3H3/q+1. The summed E-state index contributed by atoms with van der Waals surface area (Å²) in [4.78, 5) is 0. The second-order valence-corrected chi connectivity index (χ2v) is 8.14. The summed E-state index contributed by atoms with van der Waals surface area (Å²) in [6.45, 7) is 0. The molecule has 5 aromatic rings. The quantitative estimate of drug-likeness (QED) is 0.289. The van der Waals surface area contributed by atoms with Crippen LogP contribution in [0.25, 0.3) is 44.3 Å². The van der Waals surface area contributed by atoms with E-state index in [9.17, 15) is 0 Å². The number of fused-ring (bicyclic) bond motifs is 1. The van der Waals surface area contributed by atoms with Crippen LogP contribution in [0.1, 0.15) is 0 Å². The van der Waals surface area contributed by atoms with Crippen LogP contribution in [0.15, 0.2) is 103 Å². The van der Waals surface area contributed by atoms with E-state index >= 15 is 0 Å². The maximum absolute atomic E-state index is 5.55. The Kier molecular flexibility index (Phi) is 5.54. The molecular weight excluding hydrogens is 406 g/mol. The lowest BCUT2D eigenvalue weighted by molar-refractivity contribution is -0.644. The fraction of sp³-hybridized carbons (Fsp3) is 0.100. The number of rotatable bonds is 5. The minimum Gasteiger partial charge on any atom is -0.493 e. The fourth-order valence-corrected chi connectivity index (χ4v) is 4.33. The molecule has 5 rings (SSSR count). The van der Waals surface area contributed by atoms with E-state index in [-0.39, 0.29) is 0 Å². The van der Waals surface area contributed by atoms with Crippen LogP contribution in [0.4, 0.5) is 0 Å². The number of hydrogen-bond donors (Lipinski definition) is 0. The fourth-order valence-electron chi connectivity index (χ4n) is 4.33. The molecule has 0 atom stereocenters. The van der Waals surface area contributed by atoms with Crippen molar-refractivity contribution < 1.29 is 14.0 Å². The van der Waals surface area contributed by atoms with Gasteiger partial charge in [0.2, 0.25) is 5.52 Å². The Labute approximate surface area is 194 Å². The van der Waals surface area contributed by atoms with Gasteiger partial charge in [0, 0.05) is 5.56 Å². The van der Waals surface area contributed by atoms with Crippen molar-refractivity contribution in [2.75, 3.05) is 14.2 Å². The first kappa shape index (κ1) is 20.8. The number of pyridine rings is 1. The van der Waals surface area contributed by atoms with Crippen LogP contribution in [-0.2, 0) is 7.05 Å². The molecule has 0 N–H and O–H groups in total. The summed E-state index contributed by atoms with van der Waals surface area (Å²) in [7, 11) is 5.40. The molecule has 0 bridgehead atoms. The number of hydrogen-bond acceptors (Lipinski definition) is 2. The van der Waals surface area contributed by atoms with Crippen LogP contribution in [0.3, 0.4) is 0 Å². The topological polar surface area (TPSA) is 22.3 Å². The van der Waals surface area contributed by atoms with E-state index in [4.69, 9.17) is 9.47 Å². The first-order chi connectivity index (χ1) is 16.2. The first-order valence-corrected chi connectivity index (χ1v) is 11.0. The predicted molar refractivity (Wildman–Crippen MR) is 135 cm³/mol. The van der Waals surface area contributed by atoms with Gasteiger partial charge in [0.1, 0.15) is 7.05 Å². The van der Waals surface area contributed by atoms with Gasteiger partial charge in [-0.3, -0.25) is 0 Å². The summed E-state index contributed by atoms with van der Waals surface area (Å²) in [5.74, 6) is 1.45. The summed E-state index contributed by atoms with van der Waals surface area (Å²) in [5, 5.41) is 1.10. The van der Waals surface area contributed by atoms with Gasteiger partial charge in [-0.25, -0.2) is 4.57 Å². The van der Waals surface area contributed by atoms with Crippen LogP contribution >= 0.6 is 0 Å². The lowest BCUT2D eigenvalue weighted by atomic mass is 9.93. The van der Waals surface area contributed by atoms with Crippen LogP contribution in [0, 0.1) is 0 Å². The second kappa shape index (κ2) is 8.79. The number of aryl methyl sites for hydroxylation is 1. The number of aromatic nitrogens is 1. The molecule has 0 aliphatic carbocycles. The molecular formula is C30H26NO2+. The summed E-state index contributed by atoms with van der Waals surface area (Å²) in [6.07, 6.45) is 2.17. The Morgan fingerprint density at radius 1 is 0.515 bits per heavy atom. The van der Waals surface area contributed by atoms with Crippen LogP contribution in [0.5, 0.6) is 11.5 Å². The normalized spacial score (nSPS) is 10.9. The zero-order chi connectivity index (χ0) is 22.8. The smallest absolute Gasteiger partial charge is 0.216 e. The Hall–Kier alpha value is -4.11. The SMILES string of the molecule is COc1cc2cc(-c3cc(-c4ccccc4)cc(-c4ccccc4)c3)c[n+](C)c2cc1OC. The summed E-state index contributed by atoms with van der Waals surface area (Å²) >= 11 is 0. The number of ether oxygens (including phenoxy) is 2. The molecule has 1 heterocycles. The Morgan fingerprint density at radius 3 is 1.52 bits per heavy atom. The highest BCUT2D eigenvalue weighted by Gasteiger charge is 2.16. The Bertz CT molecular complexity index is 1370. The van der Waals surface area contributed by atoms with Crippen molar-refractivity contribution in [1.29, 1.82) is 0 Å². The van der Waals surface area contributed by atoms with Crippen molar-refractivity contribution in [3.63, 3.8) is 0 Å². The van der Waals surface area contributed by atoms with E-state index in [1.54, 1.807) is 14.2 Å². The van der Waals surface area contributed by atoms with Crippen molar-refractivity contribution in [3.05, 3.63) is 103 Å². The molecule has 0 fully saturated rings. The molecule has 0 unspecified atom stereocenters. The van der Waals surface area contributed by atoms with Crippen LogP contribution in [-0.4, -0.2) is 14.2 Å². The lowest BCUT2D eigenvalue weighted by Crippen LogP contribution is -2.28. The van der Waals surface area contributed by atoms with Crippen molar-refractivity contribution in [2.24, 2.45) is 7.05 Å². The highest BCUT2D eigenvalue weighted by Crippen LogP contribution is 2.35. The van der Waals surface area contributed by atoms with Crippen molar-refractivity contribution in [1.82, 2.24) is 0 Å². The molecule has 1 aromatic heterocycles. The Morgan fingerprint density at radius 2 is 1.00 bits per heavy atom. The molecule has 0 aliphatic heterocycles. The molecule has 0 spiro atoms. The summed E-state index contributed by atoms with van der Waals surface area (Å²) in [6, 6.07) is 34.2. The van der Waals surface area contributed by atoms with Gasteiger partial charge < -0.3 is 9.47 Å². The molecule has 162 valence electrons. The molecule has 0 radical (unpaired) electrons. The zero-order valence-corrected chi connectivity index (χ0v) is 19.1. The lowest BCUT2D eigenvalue weighted by Gasteiger charge is -2.12. The maximum atomic E-state index is 5.55. The molecule has 4 aromatic carbocycles. The van der Waals surface area contributed by atoms with Crippen LogP contribution in [0.2, 0.25) is 0 Å². The summed E-state index contributed by atoms with van der Waals surface area (Å²) < 4.78 is 13.2. The third-order valence-corrected chi connectivity index (χ3v) is 6.04. The minimum atomic E-state index is 0.727. The number of benzene rings is 4. The van der Waals surface area contributed by atoms with Gasteiger partial charge >= 0.3 is 0 Å². The summed E-state index contributed by atoms with van der Waals surface area (Å²) in [5.41, 5.74) is 8.19. The number of nitrogens with zero attached hydrogens (tertiary/aromatic N) is 1. The van der Waals surface area contributed by atoms with Crippen molar-refractivity contribution >= 4 is 10.9 Å². The molecule has 0 aliphatic rings. The van der Waals surface area contributed by atoms with E-state index in [0.29, 0.717) is 0 Å². The first-order valence-electron chi connectivity index (χ1n) is 11.0. The second-order valence-electron chi connectivity index (χ2n) is 8.14. The van der Waals surface area contributed by atoms with Gasteiger partial charge in [0.25, 0.3) is 0 Å². The largest absolute Gasteiger partial charge is 0.493 e. The Balaban J connectivity index is 1.72. The molecule has 3 heteroatoms. The highest BCUT2D eigenvalue weighted by molar-refractivity contribution is 5.86. The zero-order valence-electron chi connectivity index (χ0n) is 19.1. The van der Waals surface area contributed by atoms with Gasteiger partial charge in [-0.1, -0.05) is 60.7 Å². The molecule has 33 heavy (non-hydrogen) atoms. The molecule has 3 nitrogen and oxygen atoms in total. The van der Waals surface area contributed by atoms with E-state index in [2.05, 4.69) is 103 Å². The average Bonchev–Trinajstić information content (AvgIpc) is 2.88. The van der Waals surface area contributed by atoms with Gasteiger partial charge in [-0.15, -0.1) is 0 Å². The highest BCUT2D eigenvalue weighted by atomic mass is 16.5. The monoisotopic (exact) mass is 432 g/mol. The van der Waals surface area contributed by atoms with Gasteiger partial charge in [0.15, 0.2) is 17.7 Å². The van der Waals surface area contributed by atoms with Crippen molar-refractivity contribution in [2.45, 2.75) is 0 Å². The van der Waals surface area contributed by atoms with E-state index in [0.717, 1.165) is 28.0 Å². The van der Waals surface area contributed by atoms with Crippen LogP contribution < -0.4 is 14.0 Å². The average molecular weight is 433 g/mol. The number of methoxy groups -OCH3 is 2. The van der Waals surface area contributed by atoms with E-state index < -0.39 is 0 Å². The van der Waals surface area contributed by atoms with Crippen molar-refractivity contribution in [3.8, 4) is 44.9 Å². The molecule has 0 amide bonds. The molecule has 0 saturated carbocycles. The maximum Gasteiger partial charge on any atom is 0.216 e. The van der Waals surface area contributed by atoms with E-state index in [1.807, 2.05) is 12.1 Å². The minimum absolute atomic E-state index is 0.727. The van der Waals surface area contributed by atoms with E-state index in [1.165, 1.54) is 27.8 Å². The third kappa shape index (κ3) is 4.06. The van der Waals surface area contributed by atoms with Gasteiger partial charge in [0.05, 0.1) is 25.7 Å². The van der Waals surface area contributed by atoms with Gasteiger partial charge in [-0.2, -0.15) is 0 Å².